The molecular formula is C21H22Cl2N2O5S. The van der Waals surface area contributed by atoms with Crippen LogP contribution in [0.4, 0.5) is 0 Å². The van der Waals surface area contributed by atoms with Crippen molar-refractivity contribution in [2.24, 2.45) is 0 Å². The first-order chi connectivity index (χ1) is 14.7. The molecule has 0 aliphatic carbocycles. The minimum Gasteiger partial charge on any atom is -0.452 e. The zero-order valence-corrected chi connectivity index (χ0v) is 19.1. The Bertz CT molecular complexity index is 1070. The number of amides is 1. The molecule has 2 aromatic carbocycles. The summed E-state index contributed by atoms with van der Waals surface area (Å²) in [6.45, 7) is 2.26. The molecule has 0 unspecified atom stereocenters. The third-order valence-electron chi connectivity index (χ3n) is 4.93. The van der Waals surface area contributed by atoms with Crippen LogP contribution in [-0.4, -0.2) is 44.3 Å². The number of hydrogen-bond donors (Lipinski definition) is 1. The van der Waals surface area contributed by atoms with Crippen molar-refractivity contribution in [2.75, 3.05) is 19.7 Å². The minimum atomic E-state index is -3.55. The highest BCUT2D eigenvalue weighted by molar-refractivity contribution is 7.89. The van der Waals surface area contributed by atoms with Crippen molar-refractivity contribution < 1.29 is 22.7 Å². The molecule has 31 heavy (non-hydrogen) atoms. The summed E-state index contributed by atoms with van der Waals surface area (Å²) in [5.41, 5.74) is 0.836. The van der Waals surface area contributed by atoms with Crippen molar-refractivity contribution in [3.05, 3.63) is 63.6 Å². The maximum absolute atomic E-state index is 12.5. The van der Waals surface area contributed by atoms with Gasteiger partial charge in [0.2, 0.25) is 10.0 Å². The van der Waals surface area contributed by atoms with Gasteiger partial charge in [0.05, 0.1) is 16.5 Å². The largest absolute Gasteiger partial charge is 0.452 e. The molecule has 1 N–H and O–H groups in total. The Morgan fingerprint density at radius 1 is 1.10 bits per heavy atom. The molecule has 1 aliphatic rings. The van der Waals surface area contributed by atoms with E-state index >= 15 is 0 Å². The molecule has 1 saturated heterocycles. The Morgan fingerprint density at radius 3 is 2.35 bits per heavy atom. The number of carbonyl (C=O) groups is 2. The number of hydrogen-bond acceptors (Lipinski definition) is 5. The van der Waals surface area contributed by atoms with Crippen molar-refractivity contribution in [1.82, 2.24) is 9.62 Å². The molecular weight excluding hydrogens is 463 g/mol. The van der Waals surface area contributed by atoms with E-state index in [9.17, 15) is 18.0 Å². The molecule has 0 aromatic heterocycles. The SMILES string of the molecule is C[C@H](NC(=O)COC(=O)c1ccc(S(=O)(=O)N2CCCC2)cc1)c1ccc(Cl)cc1Cl. The van der Waals surface area contributed by atoms with E-state index in [0.717, 1.165) is 12.8 Å². The number of nitrogens with one attached hydrogen (secondary N) is 1. The second kappa shape index (κ2) is 9.99. The number of benzene rings is 2. The van der Waals surface area contributed by atoms with Crippen LogP contribution < -0.4 is 5.32 Å². The van der Waals surface area contributed by atoms with E-state index in [-0.39, 0.29) is 10.5 Å². The third kappa shape index (κ3) is 5.77. The molecule has 0 radical (unpaired) electrons. The van der Waals surface area contributed by atoms with E-state index in [2.05, 4.69) is 5.32 Å². The molecule has 166 valence electrons. The lowest BCUT2D eigenvalue weighted by molar-refractivity contribution is -0.124. The number of nitrogens with zero attached hydrogens (tertiary/aromatic N) is 1. The molecule has 7 nitrogen and oxygen atoms in total. The van der Waals surface area contributed by atoms with Gasteiger partial charge in [-0.05, 0) is 61.7 Å². The average molecular weight is 485 g/mol. The van der Waals surface area contributed by atoms with Crippen LogP contribution in [0.2, 0.25) is 10.0 Å². The van der Waals surface area contributed by atoms with Crippen LogP contribution in [-0.2, 0) is 19.6 Å². The van der Waals surface area contributed by atoms with Gasteiger partial charge in [-0.25, -0.2) is 13.2 Å². The number of esters is 1. The van der Waals surface area contributed by atoms with Crippen LogP contribution in [0.25, 0.3) is 0 Å². The van der Waals surface area contributed by atoms with Gasteiger partial charge in [-0.2, -0.15) is 4.31 Å². The van der Waals surface area contributed by atoms with E-state index in [1.54, 1.807) is 25.1 Å². The monoisotopic (exact) mass is 484 g/mol. The van der Waals surface area contributed by atoms with Crippen molar-refractivity contribution in [2.45, 2.75) is 30.7 Å². The molecule has 1 fully saturated rings. The lowest BCUT2D eigenvalue weighted by Crippen LogP contribution is -2.31. The zero-order valence-electron chi connectivity index (χ0n) is 16.8. The van der Waals surface area contributed by atoms with Crippen LogP contribution in [0.15, 0.2) is 47.4 Å². The Balaban J connectivity index is 1.54. The molecule has 1 aliphatic heterocycles. The summed E-state index contributed by atoms with van der Waals surface area (Å²) < 4.78 is 31.5. The Labute approximate surface area is 191 Å². The lowest BCUT2D eigenvalue weighted by Gasteiger charge is -2.16. The molecule has 1 amide bonds. The molecule has 0 bridgehead atoms. The van der Waals surface area contributed by atoms with Crippen LogP contribution in [0, 0.1) is 0 Å². The second-order valence-electron chi connectivity index (χ2n) is 7.17. The van der Waals surface area contributed by atoms with Gasteiger partial charge in [0.15, 0.2) is 6.61 Å². The molecule has 3 rings (SSSR count). The van der Waals surface area contributed by atoms with Gasteiger partial charge in [-0.3, -0.25) is 4.79 Å². The summed E-state index contributed by atoms with van der Waals surface area (Å²) in [7, 11) is -3.55. The van der Waals surface area contributed by atoms with Crippen molar-refractivity contribution in [1.29, 1.82) is 0 Å². The number of halogens is 2. The fourth-order valence-electron chi connectivity index (χ4n) is 3.27. The van der Waals surface area contributed by atoms with Gasteiger partial charge in [-0.1, -0.05) is 29.3 Å². The van der Waals surface area contributed by atoms with Gasteiger partial charge >= 0.3 is 5.97 Å². The predicted octanol–water partition coefficient (Wildman–Crippen LogP) is 3.81. The van der Waals surface area contributed by atoms with Gasteiger partial charge in [0.25, 0.3) is 5.91 Å². The summed E-state index contributed by atoms with van der Waals surface area (Å²) in [4.78, 5) is 24.5. The predicted molar refractivity (Wildman–Crippen MR) is 118 cm³/mol. The van der Waals surface area contributed by atoms with Crippen molar-refractivity contribution >= 4 is 45.1 Å². The van der Waals surface area contributed by atoms with Crippen LogP contribution in [0.5, 0.6) is 0 Å². The van der Waals surface area contributed by atoms with E-state index in [1.165, 1.54) is 28.6 Å². The normalized spacial score (nSPS) is 15.5. The van der Waals surface area contributed by atoms with Crippen molar-refractivity contribution in [3.63, 3.8) is 0 Å². The topological polar surface area (TPSA) is 92.8 Å². The zero-order chi connectivity index (χ0) is 22.6. The first-order valence-electron chi connectivity index (χ1n) is 9.70. The summed E-state index contributed by atoms with van der Waals surface area (Å²) in [6.07, 6.45) is 1.68. The summed E-state index contributed by atoms with van der Waals surface area (Å²) in [6, 6.07) is 10.0. The Kier molecular flexibility index (Phi) is 7.59. The first kappa shape index (κ1) is 23.5. The number of carbonyl (C=O) groups excluding carboxylic acids is 2. The van der Waals surface area contributed by atoms with Crippen LogP contribution >= 0.6 is 23.2 Å². The second-order valence-corrected chi connectivity index (χ2v) is 9.95. The number of ether oxygens (including phenoxy) is 1. The van der Waals surface area contributed by atoms with E-state index < -0.39 is 34.5 Å². The minimum absolute atomic E-state index is 0.123. The Hall–Kier alpha value is -2.13. The first-order valence-corrected chi connectivity index (χ1v) is 11.9. The summed E-state index contributed by atoms with van der Waals surface area (Å²) in [5.74, 6) is -1.22. The maximum Gasteiger partial charge on any atom is 0.338 e. The van der Waals surface area contributed by atoms with Gasteiger partial charge in [0.1, 0.15) is 0 Å². The summed E-state index contributed by atoms with van der Waals surface area (Å²) in [5, 5.41) is 3.60. The van der Waals surface area contributed by atoms with Crippen LogP contribution in [0.1, 0.15) is 41.7 Å². The molecule has 1 heterocycles. The molecule has 1 atom stereocenters. The highest BCUT2D eigenvalue weighted by Crippen LogP contribution is 2.26. The molecule has 0 saturated carbocycles. The van der Waals surface area contributed by atoms with Crippen molar-refractivity contribution in [3.8, 4) is 0 Å². The van der Waals surface area contributed by atoms with Gasteiger partial charge in [-0.15, -0.1) is 0 Å². The smallest absolute Gasteiger partial charge is 0.338 e. The highest BCUT2D eigenvalue weighted by Gasteiger charge is 2.27. The molecule has 10 heteroatoms. The number of sulfonamides is 1. The molecule has 2 aromatic rings. The highest BCUT2D eigenvalue weighted by atomic mass is 35.5. The summed E-state index contributed by atoms with van der Waals surface area (Å²) >= 11 is 12.0. The van der Waals surface area contributed by atoms with Crippen LogP contribution in [0.3, 0.4) is 0 Å². The number of rotatable bonds is 7. The van der Waals surface area contributed by atoms with E-state index in [4.69, 9.17) is 27.9 Å². The van der Waals surface area contributed by atoms with Gasteiger partial charge < -0.3 is 10.1 Å². The van der Waals surface area contributed by atoms with E-state index in [1.807, 2.05) is 0 Å². The standard InChI is InChI=1S/C21H22Cl2N2O5S/c1-14(18-9-6-16(22)12-19(18)23)24-20(26)13-30-21(27)15-4-7-17(8-5-15)31(28,29)25-10-2-3-11-25/h4-9,12,14H,2-3,10-11,13H2,1H3,(H,24,26)/t14-/m0/s1. The van der Waals surface area contributed by atoms with E-state index in [0.29, 0.717) is 28.7 Å². The Morgan fingerprint density at radius 2 is 1.74 bits per heavy atom. The van der Waals surface area contributed by atoms with Gasteiger partial charge in [0, 0.05) is 23.1 Å². The third-order valence-corrected chi connectivity index (χ3v) is 7.41. The average Bonchev–Trinajstić information content (AvgIpc) is 3.28. The fourth-order valence-corrected chi connectivity index (χ4v) is 5.36. The lowest BCUT2D eigenvalue weighted by atomic mass is 10.1. The maximum atomic E-state index is 12.5. The quantitative estimate of drug-likeness (QED) is 0.603. The fraction of sp³-hybridized carbons (Fsp3) is 0.333. The molecule has 0 spiro atoms.